The zero-order valence-electron chi connectivity index (χ0n) is 11.1. The van der Waals surface area contributed by atoms with E-state index >= 15 is 0 Å². The maximum absolute atomic E-state index is 11.8. The molecule has 0 aliphatic heterocycles. The van der Waals surface area contributed by atoms with Gasteiger partial charge >= 0.3 is 0 Å². The molecule has 0 atom stereocenters. The molecule has 106 valence electrons. The van der Waals surface area contributed by atoms with Crippen LogP contribution in [-0.4, -0.2) is 34.9 Å². The van der Waals surface area contributed by atoms with E-state index in [9.17, 15) is 4.79 Å². The molecule has 0 saturated heterocycles. The van der Waals surface area contributed by atoms with Gasteiger partial charge < -0.3 is 10.6 Å². The number of anilines is 1. The summed E-state index contributed by atoms with van der Waals surface area (Å²) in [5, 5.41) is 14.9. The first-order valence-electron chi connectivity index (χ1n) is 6.71. The van der Waals surface area contributed by atoms with Gasteiger partial charge in [-0.2, -0.15) is 0 Å². The standard InChI is InChI=1S/C12H20N4OS2/c1-13-11-15-16-12(19-11)18-8-7-10(17)14-9-5-3-2-4-6-9/h9H,2-8H2,1H3,(H,13,15)(H,14,17). The molecule has 0 bridgehead atoms. The fourth-order valence-corrected chi connectivity index (χ4v) is 3.86. The lowest BCUT2D eigenvalue weighted by atomic mass is 9.95. The molecule has 0 aromatic carbocycles. The number of carbonyl (C=O) groups is 1. The van der Waals surface area contributed by atoms with Crippen molar-refractivity contribution in [1.29, 1.82) is 0 Å². The second-order valence-corrected chi connectivity index (χ2v) is 6.94. The highest BCUT2D eigenvalue weighted by molar-refractivity contribution is 8.01. The van der Waals surface area contributed by atoms with E-state index < -0.39 is 0 Å². The number of aromatic nitrogens is 2. The van der Waals surface area contributed by atoms with Crippen LogP contribution in [0.4, 0.5) is 5.13 Å². The molecule has 1 amide bonds. The first kappa shape index (κ1) is 14.6. The quantitative estimate of drug-likeness (QED) is 0.790. The van der Waals surface area contributed by atoms with Crippen LogP contribution in [0.25, 0.3) is 0 Å². The second kappa shape index (κ2) is 7.69. The molecule has 2 N–H and O–H groups in total. The SMILES string of the molecule is CNc1nnc(SCCC(=O)NC2CCCCC2)s1. The summed E-state index contributed by atoms with van der Waals surface area (Å²) in [5.41, 5.74) is 0. The third kappa shape index (κ3) is 4.99. The molecule has 1 aliphatic carbocycles. The molecule has 1 aromatic rings. The van der Waals surface area contributed by atoms with E-state index in [0.717, 1.165) is 28.1 Å². The van der Waals surface area contributed by atoms with Crippen molar-refractivity contribution in [3.63, 3.8) is 0 Å². The number of hydrogen-bond donors (Lipinski definition) is 2. The minimum atomic E-state index is 0.165. The first-order chi connectivity index (χ1) is 9.28. The van der Waals surface area contributed by atoms with Crippen molar-refractivity contribution < 1.29 is 4.79 Å². The predicted molar refractivity (Wildman–Crippen MR) is 79.8 cm³/mol. The van der Waals surface area contributed by atoms with Gasteiger partial charge in [0.1, 0.15) is 0 Å². The number of rotatable bonds is 6. The van der Waals surface area contributed by atoms with E-state index in [1.807, 2.05) is 7.05 Å². The van der Waals surface area contributed by atoms with Gasteiger partial charge in [-0.15, -0.1) is 10.2 Å². The fraction of sp³-hybridized carbons (Fsp3) is 0.750. The number of thioether (sulfide) groups is 1. The molecule has 1 aromatic heterocycles. The Kier molecular flexibility index (Phi) is 5.91. The Labute approximate surface area is 122 Å². The number of nitrogens with one attached hydrogen (secondary N) is 2. The molecule has 7 heteroatoms. The average molecular weight is 300 g/mol. The number of nitrogens with zero attached hydrogens (tertiary/aromatic N) is 2. The van der Waals surface area contributed by atoms with Crippen molar-refractivity contribution >= 4 is 34.1 Å². The third-order valence-corrected chi connectivity index (χ3v) is 5.22. The first-order valence-corrected chi connectivity index (χ1v) is 8.51. The Morgan fingerprint density at radius 1 is 1.37 bits per heavy atom. The highest BCUT2D eigenvalue weighted by atomic mass is 32.2. The summed E-state index contributed by atoms with van der Waals surface area (Å²) in [5.74, 6) is 0.925. The maximum atomic E-state index is 11.8. The Hall–Kier alpha value is -0.820. The monoisotopic (exact) mass is 300 g/mol. The third-order valence-electron chi connectivity index (χ3n) is 3.15. The largest absolute Gasteiger partial charge is 0.363 e. The highest BCUT2D eigenvalue weighted by Gasteiger charge is 2.15. The maximum Gasteiger partial charge on any atom is 0.221 e. The van der Waals surface area contributed by atoms with E-state index in [2.05, 4.69) is 20.8 Å². The molecule has 19 heavy (non-hydrogen) atoms. The molecule has 0 spiro atoms. The minimum absolute atomic E-state index is 0.165. The Morgan fingerprint density at radius 3 is 2.84 bits per heavy atom. The highest BCUT2D eigenvalue weighted by Crippen LogP contribution is 2.25. The lowest BCUT2D eigenvalue weighted by Crippen LogP contribution is -2.36. The molecule has 0 radical (unpaired) electrons. The number of carbonyl (C=O) groups excluding carboxylic acids is 1. The van der Waals surface area contributed by atoms with Crippen LogP contribution in [0.5, 0.6) is 0 Å². The molecule has 1 saturated carbocycles. The zero-order chi connectivity index (χ0) is 13.5. The molecule has 2 rings (SSSR count). The van der Waals surface area contributed by atoms with Crippen LogP contribution < -0.4 is 10.6 Å². The van der Waals surface area contributed by atoms with E-state index in [-0.39, 0.29) is 5.91 Å². The van der Waals surface area contributed by atoms with Crippen molar-refractivity contribution in [1.82, 2.24) is 15.5 Å². The van der Waals surface area contributed by atoms with E-state index in [1.54, 1.807) is 11.8 Å². The van der Waals surface area contributed by atoms with Gasteiger partial charge in [0.25, 0.3) is 0 Å². The lowest BCUT2D eigenvalue weighted by molar-refractivity contribution is -0.121. The Bertz CT molecular complexity index is 404. The number of hydrogen-bond acceptors (Lipinski definition) is 6. The van der Waals surface area contributed by atoms with Crippen molar-refractivity contribution in [2.75, 3.05) is 18.1 Å². The lowest BCUT2D eigenvalue weighted by Gasteiger charge is -2.22. The average Bonchev–Trinajstić information content (AvgIpc) is 2.88. The molecule has 1 aliphatic rings. The van der Waals surface area contributed by atoms with E-state index in [1.165, 1.54) is 30.6 Å². The van der Waals surface area contributed by atoms with Crippen LogP contribution in [0.15, 0.2) is 4.34 Å². The van der Waals surface area contributed by atoms with Crippen molar-refractivity contribution in [2.45, 2.75) is 48.9 Å². The van der Waals surface area contributed by atoms with Crippen LogP contribution in [0, 0.1) is 0 Å². The van der Waals surface area contributed by atoms with Gasteiger partial charge in [0.05, 0.1) is 0 Å². The summed E-state index contributed by atoms with van der Waals surface area (Å²) in [6, 6.07) is 0.406. The zero-order valence-corrected chi connectivity index (χ0v) is 12.8. The summed E-state index contributed by atoms with van der Waals surface area (Å²) < 4.78 is 0.912. The van der Waals surface area contributed by atoms with Crippen LogP contribution in [0.2, 0.25) is 0 Å². The van der Waals surface area contributed by atoms with Gasteiger partial charge in [-0.25, -0.2) is 0 Å². The van der Waals surface area contributed by atoms with Gasteiger partial charge in [-0.1, -0.05) is 42.4 Å². The van der Waals surface area contributed by atoms with Crippen molar-refractivity contribution in [3.05, 3.63) is 0 Å². The van der Waals surface area contributed by atoms with Gasteiger partial charge in [-0.3, -0.25) is 4.79 Å². The molecule has 1 fully saturated rings. The molecular weight excluding hydrogens is 280 g/mol. The van der Waals surface area contributed by atoms with Crippen LogP contribution in [0.3, 0.4) is 0 Å². The van der Waals surface area contributed by atoms with E-state index in [0.29, 0.717) is 12.5 Å². The summed E-state index contributed by atoms with van der Waals surface area (Å²) in [6.07, 6.45) is 6.64. The Morgan fingerprint density at radius 2 is 2.16 bits per heavy atom. The van der Waals surface area contributed by atoms with Gasteiger partial charge in [0.2, 0.25) is 11.0 Å². The molecule has 5 nitrogen and oxygen atoms in total. The summed E-state index contributed by atoms with van der Waals surface area (Å²) in [7, 11) is 1.83. The predicted octanol–water partition coefficient (Wildman–Crippen LogP) is 2.51. The van der Waals surface area contributed by atoms with Crippen molar-refractivity contribution in [3.8, 4) is 0 Å². The topological polar surface area (TPSA) is 66.9 Å². The van der Waals surface area contributed by atoms with E-state index in [4.69, 9.17) is 0 Å². The van der Waals surface area contributed by atoms with Gasteiger partial charge in [0.15, 0.2) is 4.34 Å². The summed E-state index contributed by atoms with van der Waals surface area (Å²) >= 11 is 3.11. The summed E-state index contributed by atoms with van der Waals surface area (Å²) in [6.45, 7) is 0. The molecular formula is C12H20N4OS2. The van der Waals surface area contributed by atoms with Crippen LogP contribution >= 0.6 is 23.1 Å². The molecule has 0 unspecified atom stereocenters. The summed E-state index contributed by atoms with van der Waals surface area (Å²) in [4.78, 5) is 11.8. The normalized spacial score (nSPS) is 16.3. The Balaban J connectivity index is 1.63. The van der Waals surface area contributed by atoms with Crippen molar-refractivity contribution in [2.24, 2.45) is 0 Å². The second-order valence-electron chi connectivity index (χ2n) is 4.62. The minimum Gasteiger partial charge on any atom is -0.363 e. The van der Waals surface area contributed by atoms with Gasteiger partial charge in [-0.05, 0) is 12.8 Å². The van der Waals surface area contributed by atoms with Crippen LogP contribution in [-0.2, 0) is 4.79 Å². The van der Waals surface area contributed by atoms with Gasteiger partial charge in [0, 0.05) is 25.3 Å². The molecule has 1 heterocycles. The fourth-order valence-electron chi connectivity index (χ4n) is 2.15. The number of amides is 1. The van der Waals surface area contributed by atoms with Crippen LogP contribution in [0.1, 0.15) is 38.5 Å². The smallest absolute Gasteiger partial charge is 0.221 e.